The largest absolute Gasteiger partial charge is 0.414 e. The summed E-state index contributed by atoms with van der Waals surface area (Å²) in [6, 6.07) is 3.57. The van der Waals surface area contributed by atoms with E-state index in [1.165, 1.54) is 23.1 Å². The van der Waals surface area contributed by atoms with E-state index in [9.17, 15) is 9.59 Å². The summed E-state index contributed by atoms with van der Waals surface area (Å²) in [5.41, 5.74) is 0. The van der Waals surface area contributed by atoms with Crippen LogP contribution >= 0.6 is 23.1 Å². The molecule has 23 heavy (non-hydrogen) atoms. The van der Waals surface area contributed by atoms with Gasteiger partial charge >= 0.3 is 0 Å². The fraction of sp³-hybridized carbons (Fsp3) is 0.429. The number of carbonyl (C=O) groups is 2. The molecule has 3 heterocycles. The van der Waals surface area contributed by atoms with E-state index in [4.69, 9.17) is 4.42 Å². The molecule has 1 aliphatic heterocycles. The molecule has 2 aromatic rings. The summed E-state index contributed by atoms with van der Waals surface area (Å²) < 4.78 is 5.42. The van der Waals surface area contributed by atoms with Crippen molar-refractivity contribution in [1.82, 2.24) is 20.4 Å². The maximum Gasteiger partial charge on any atom is 0.277 e. The Balaban J connectivity index is 1.44. The first-order chi connectivity index (χ1) is 11.2. The third kappa shape index (κ3) is 4.32. The molecule has 3 rings (SSSR count). The quantitative estimate of drug-likeness (QED) is 0.797. The van der Waals surface area contributed by atoms with Crippen LogP contribution in [0.25, 0.3) is 0 Å². The second-order valence-electron chi connectivity index (χ2n) is 5.00. The van der Waals surface area contributed by atoms with Gasteiger partial charge in [0.1, 0.15) is 0 Å². The predicted octanol–water partition coefficient (Wildman–Crippen LogP) is 1.78. The van der Waals surface area contributed by atoms with E-state index in [-0.39, 0.29) is 18.4 Å². The molecule has 0 saturated carbocycles. The summed E-state index contributed by atoms with van der Waals surface area (Å²) >= 11 is 2.60. The van der Waals surface area contributed by atoms with E-state index in [0.29, 0.717) is 21.7 Å². The van der Waals surface area contributed by atoms with E-state index in [1.54, 1.807) is 6.07 Å². The average Bonchev–Trinajstić information content (AvgIpc) is 3.32. The third-order valence-electron chi connectivity index (χ3n) is 3.37. The first kappa shape index (κ1) is 16.0. The molecule has 1 aliphatic rings. The molecule has 0 radical (unpaired) electrons. The standard InChI is InChI=1S/C14H16N4O3S2/c19-12(18-5-1-2-6-18)9-23-14-17-16-11(21-14)8-15-13(20)10-4-3-7-22-10/h3-4,7H,1-2,5-6,8-9H2,(H,15,20). The minimum Gasteiger partial charge on any atom is -0.414 e. The Bertz CT molecular complexity index is 665. The lowest BCUT2D eigenvalue weighted by atomic mass is 10.4. The molecule has 2 amide bonds. The number of hydrogen-bond acceptors (Lipinski definition) is 7. The van der Waals surface area contributed by atoms with Crippen LogP contribution in [0.2, 0.25) is 0 Å². The fourth-order valence-electron chi connectivity index (χ4n) is 2.20. The third-order valence-corrected chi connectivity index (χ3v) is 5.04. The molecule has 1 fully saturated rings. The number of thiophene rings is 1. The molecule has 0 spiro atoms. The fourth-order valence-corrected chi connectivity index (χ4v) is 3.52. The lowest BCUT2D eigenvalue weighted by Gasteiger charge is -2.13. The smallest absolute Gasteiger partial charge is 0.277 e. The van der Waals surface area contributed by atoms with Gasteiger partial charge in [0.25, 0.3) is 11.1 Å². The molecule has 0 unspecified atom stereocenters. The number of hydrogen-bond donors (Lipinski definition) is 1. The number of carbonyl (C=O) groups excluding carboxylic acids is 2. The lowest BCUT2D eigenvalue weighted by molar-refractivity contribution is -0.127. The van der Waals surface area contributed by atoms with Crippen molar-refractivity contribution in [2.75, 3.05) is 18.8 Å². The first-order valence-electron chi connectivity index (χ1n) is 7.27. The van der Waals surface area contributed by atoms with Crippen LogP contribution in [-0.4, -0.2) is 45.8 Å². The molecule has 9 heteroatoms. The Morgan fingerprint density at radius 3 is 2.91 bits per heavy atom. The maximum absolute atomic E-state index is 11.9. The van der Waals surface area contributed by atoms with Crippen LogP contribution in [0.1, 0.15) is 28.4 Å². The van der Waals surface area contributed by atoms with E-state index in [2.05, 4.69) is 15.5 Å². The minimum atomic E-state index is -0.170. The van der Waals surface area contributed by atoms with Crippen LogP contribution in [0.4, 0.5) is 0 Å². The highest BCUT2D eigenvalue weighted by Crippen LogP contribution is 2.18. The maximum atomic E-state index is 11.9. The van der Waals surface area contributed by atoms with Crippen molar-refractivity contribution in [3.8, 4) is 0 Å². The number of amides is 2. The molecule has 0 aromatic carbocycles. The van der Waals surface area contributed by atoms with Gasteiger partial charge in [0.05, 0.1) is 17.2 Å². The van der Waals surface area contributed by atoms with E-state index in [0.717, 1.165) is 25.9 Å². The molecular weight excluding hydrogens is 336 g/mol. The van der Waals surface area contributed by atoms with Crippen molar-refractivity contribution in [3.63, 3.8) is 0 Å². The number of rotatable bonds is 6. The van der Waals surface area contributed by atoms with Crippen molar-refractivity contribution in [1.29, 1.82) is 0 Å². The molecule has 1 saturated heterocycles. The summed E-state index contributed by atoms with van der Waals surface area (Å²) in [5, 5.41) is 12.7. The zero-order valence-electron chi connectivity index (χ0n) is 12.4. The summed E-state index contributed by atoms with van der Waals surface area (Å²) in [6.07, 6.45) is 2.15. The molecule has 7 nitrogen and oxygen atoms in total. The van der Waals surface area contributed by atoms with Gasteiger partial charge in [0.15, 0.2) is 0 Å². The summed E-state index contributed by atoms with van der Waals surface area (Å²) in [4.78, 5) is 26.2. The van der Waals surface area contributed by atoms with E-state index >= 15 is 0 Å². The molecule has 1 N–H and O–H groups in total. The molecular formula is C14H16N4O3S2. The molecule has 2 aromatic heterocycles. The second-order valence-corrected chi connectivity index (χ2v) is 6.87. The van der Waals surface area contributed by atoms with Gasteiger partial charge in [0, 0.05) is 13.1 Å². The number of thioether (sulfide) groups is 1. The predicted molar refractivity (Wildman–Crippen MR) is 86.3 cm³/mol. The number of nitrogens with zero attached hydrogens (tertiary/aromatic N) is 3. The average molecular weight is 352 g/mol. The van der Waals surface area contributed by atoms with Gasteiger partial charge in [0.2, 0.25) is 11.8 Å². The number of aromatic nitrogens is 2. The van der Waals surface area contributed by atoms with Gasteiger partial charge in [-0.2, -0.15) is 0 Å². The van der Waals surface area contributed by atoms with Crippen molar-refractivity contribution >= 4 is 34.9 Å². The van der Waals surface area contributed by atoms with Crippen LogP contribution in [0.5, 0.6) is 0 Å². The Kier molecular flexibility index (Phi) is 5.29. The number of likely N-dealkylation sites (tertiary alicyclic amines) is 1. The highest BCUT2D eigenvalue weighted by atomic mass is 32.2. The van der Waals surface area contributed by atoms with Crippen molar-refractivity contribution in [2.45, 2.75) is 24.6 Å². The van der Waals surface area contributed by atoms with Gasteiger partial charge in [-0.05, 0) is 24.3 Å². The lowest BCUT2D eigenvalue weighted by Crippen LogP contribution is -2.29. The Labute approximate surface area is 141 Å². The van der Waals surface area contributed by atoms with Crippen molar-refractivity contribution in [2.24, 2.45) is 0 Å². The van der Waals surface area contributed by atoms with Crippen LogP contribution in [0.3, 0.4) is 0 Å². The van der Waals surface area contributed by atoms with Crippen molar-refractivity contribution < 1.29 is 14.0 Å². The molecule has 0 aliphatic carbocycles. The minimum absolute atomic E-state index is 0.0956. The van der Waals surface area contributed by atoms with Gasteiger partial charge in [-0.15, -0.1) is 21.5 Å². The zero-order valence-corrected chi connectivity index (χ0v) is 14.0. The zero-order chi connectivity index (χ0) is 16.1. The number of nitrogens with one attached hydrogen (secondary N) is 1. The van der Waals surface area contributed by atoms with Crippen molar-refractivity contribution in [3.05, 3.63) is 28.3 Å². The Morgan fingerprint density at radius 2 is 2.17 bits per heavy atom. The van der Waals surface area contributed by atoms with Gasteiger partial charge in [-0.3, -0.25) is 9.59 Å². The summed E-state index contributed by atoms with van der Waals surface area (Å²) in [7, 11) is 0. The van der Waals surface area contributed by atoms with Gasteiger partial charge < -0.3 is 14.6 Å². The molecule has 0 atom stereocenters. The SMILES string of the molecule is O=C(NCc1nnc(SCC(=O)N2CCCC2)o1)c1cccs1. The van der Waals surface area contributed by atoms with Crippen LogP contribution in [0.15, 0.2) is 27.2 Å². The summed E-state index contributed by atoms with van der Waals surface area (Å²) in [5.74, 6) is 0.546. The van der Waals surface area contributed by atoms with Crippen LogP contribution < -0.4 is 5.32 Å². The topological polar surface area (TPSA) is 88.3 Å². The van der Waals surface area contributed by atoms with Gasteiger partial charge in [-0.1, -0.05) is 17.8 Å². The second kappa shape index (κ2) is 7.60. The monoisotopic (exact) mass is 352 g/mol. The first-order valence-corrected chi connectivity index (χ1v) is 9.13. The van der Waals surface area contributed by atoms with E-state index in [1.807, 2.05) is 16.3 Å². The molecule has 0 bridgehead atoms. The van der Waals surface area contributed by atoms with Crippen LogP contribution in [-0.2, 0) is 11.3 Å². The highest BCUT2D eigenvalue weighted by molar-refractivity contribution is 7.99. The normalized spacial score (nSPS) is 14.2. The molecule has 122 valence electrons. The van der Waals surface area contributed by atoms with Crippen LogP contribution in [0, 0.1) is 0 Å². The Morgan fingerprint density at radius 1 is 1.35 bits per heavy atom. The highest BCUT2D eigenvalue weighted by Gasteiger charge is 2.19. The summed E-state index contributed by atoms with van der Waals surface area (Å²) in [6.45, 7) is 1.84. The van der Waals surface area contributed by atoms with Gasteiger partial charge in [-0.25, -0.2) is 0 Å². The van der Waals surface area contributed by atoms with E-state index < -0.39 is 0 Å². The Hall–Kier alpha value is -1.87.